The van der Waals surface area contributed by atoms with Crippen molar-refractivity contribution in [3.05, 3.63) is 16.1 Å². The smallest absolute Gasteiger partial charge is 0.250 e. The van der Waals surface area contributed by atoms with Gasteiger partial charge in [-0.3, -0.25) is 0 Å². The third kappa shape index (κ3) is 3.45. The molecular weight excluding hydrogens is 249 g/mol. The van der Waals surface area contributed by atoms with Crippen LogP contribution in [0.15, 0.2) is 10.6 Å². The van der Waals surface area contributed by atoms with Crippen LogP contribution in [0, 0.1) is 0 Å². The van der Waals surface area contributed by atoms with Crippen molar-refractivity contribution in [2.24, 2.45) is 4.36 Å². The summed E-state index contributed by atoms with van der Waals surface area (Å²) in [5.41, 5.74) is 0. The second kappa shape index (κ2) is 4.09. The van der Waals surface area contributed by atoms with Gasteiger partial charge in [0.15, 0.2) is 5.01 Å². The van der Waals surface area contributed by atoms with E-state index in [9.17, 15) is 17.4 Å². The molecule has 1 atom stereocenters. The Bertz CT molecular complexity index is 457. The molecule has 0 bridgehead atoms. The molecule has 3 nitrogen and oxygen atoms in total. The quantitative estimate of drug-likeness (QED) is 0.817. The molecule has 0 amide bonds. The average Bonchev–Trinajstić information content (AvgIpc) is 2.51. The van der Waals surface area contributed by atoms with Gasteiger partial charge in [-0.25, -0.2) is 13.6 Å². The predicted molar refractivity (Wildman–Crippen MR) is 53.2 cm³/mol. The standard InChI is InChI=1S/C7H9F3N2OS2/c1-11-15(2,13)4-5-3-12-6(14-5)7(8,9)10/h3H,4H2,1-2H3. The number of nitrogens with zero attached hydrogens (tertiary/aromatic N) is 2. The van der Waals surface area contributed by atoms with Crippen molar-refractivity contribution in [2.45, 2.75) is 11.9 Å². The molecule has 15 heavy (non-hydrogen) atoms. The van der Waals surface area contributed by atoms with Crippen LogP contribution in [0.25, 0.3) is 0 Å². The van der Waals surface area contributed by atoms with E-state index in [1.807, 2.05) is 0 Å². The molecule has 0 aliphatic heterocycles. The zero-order valence-corrected chi connectivity index (χ0v) is 9.67. The fourth-order valence-electron chi connectivity index (χ4n) is 0.834. The van der Waals surface area contributed by atoms with Crippen LogP contribution in [-0.2, 0) is 21.7 Å². The Balaban J connectivity index is 2.92. The van der Waals surface area contributed by atoms with Crippen molar-refractivity contribution in [3.63, 3.8) is 0 Å². The van der Waals surface area contributed by atoms with E-state index in [0.29, 0.717) is 16.2 Å². The lowest BCUT2D eigenvalue weighted by Crippen LogP contribution is -2.03. The van der Waals surface area contributed by atoms with Gasteiger partial charge in [-0.05, 0) is 0 Å². The SMILES string of the molecule is CN=S(C)(=O)Cc1cnc(C(F)(F)F)s1. The number of hydrogen-bond donors (Lipinski definition) is 0. The second-order valence-electron chi connectivity index (χ2n) is 2.92. The third-order valence-electron chi connectivity index (χ3n) is 1.59. The van der Waals surface area contributed by atoms with Crippen LogP contribution in [0.2, 0.25) is 0 Å². The van der Waals surface area contributed by atoms with Crippen molar-refractivity contribution in [2.75, 3.05) is 13.3 Å². The Hall–Kier alpha value is -0.630. The van der Waals surface area contributed by atoms with Crippen molar-refractivity contribution >= 4 is 21.1 Å². The van der Waals surface area contributed by atoms with Gasteiger partial charge in [0.05, 0.1) is 5.75 Å². The summed E-state index contributed by atoms with van der Waals surface area (Å²) in [5.74, 6) is 0.0112. The normalized spacial score (nSPS) is 16.1. The summed E-state index contributed by atoms with van der Waals surface area (Å²) in [6.07, 6.45) is -1.93. The van der Waals surface area contributed by atoms with Crippen molar-refractivity contribution in [1.29, 1.82) is 0 Å². The van der Waals surface area contributed by atoms with Crippen LogP contribution >= 0.6 is 11.3 Å². The number of alkyl halides is 3. The summed E-state index contributed by atoms with van der Waals surface area (Å²) >= 11 is 0.507. The number of hydrogen-bond acceptors (Lipinski definition) is 4. The third-order valence-corrected chi connectivity index (χ3v) is 4.44. The Morgan fingerprint density at radius 3 is 2.60 bits per heavy atom. The first-order valence-electron chi connectivity index (χ1n) is 3.84. The van der Waals surface area contributed by atoms with E-state index in [1.165, 1.54) is 13.3 Å². The zero-order valence-electron chi connectivity index (χ0n) is 8.04. The number of rotatable bonds is 2. The summed E-state index contributed by atoms with van der Waals surface area (Å²) in [5, 5.41) is -0.913. The number of aromatic nitrogens is 1. The molecule has 1 aromatic rings. The van der Waals surface area contributed by atoms with Gasteiger partial charge in [-0.15, -0.1) is 11.3 Å². The molecule has 1 aromatic heterocycles. The van der Waals surface area contributed by atoms with Gasteiger partial charge in [0.1, 0.15) is 0 Å². The van der Waals surface area contributed by atoms with Crippen molar-refractivity contribution in [1.82, 2.24) is 4.98 Å². The van der Waals surface area contributed by atoms with E-state index in [2.05, 4.69) is 9.35 Å². The molecule has 0 aromatic carbocycles. The lowest BCUT2D eigenvalue weighted by atomic mass is 10.6. The maximum absolute atomic E-state index is 12.2. The maximum Gasteiger partial charge on any atom is 0.443 e. The molecule has 0 saturated carbocycles. The number of halogens is 3. The van der Waals surface area contributed by atoms with E-state index in [1.54, 1.807) is 0 Å². The Labute approximate surface area is 89.5 Å². The molecular formula is C7H9F3N2OS2. The van der Waals surface area contributed by atoms with Crippen LogP contribution in [0.3, 0.4) is 0 Å². The van der Waals surface area contributed by atoms with Gasteiger partial charge in [0.25, 0.3) is 0 Å². The van der Waals surface area contributed by atoms with Gasteiger partial charge in [0, 0.05) is 34.1 Å². The summed E-state index contributed by atoms with van der Waals surface area (Å²) in [7, 11) is -1.04. The molecule has 1 unspecified atom stereocenters. The molecule has 86 valence electrons. The highest BCUT2D eigenvalue weighted by atomic mass is 32.2. The monoisotopic (exact) mass is 258 g/mol. The summed E-state index contributed by atoms with van der Waals surface area (Å²) in [6, 6.07) is 0. The van der Waals surface area contributed by atoms with E-state index >= 15 is 0 Å². The summed E-state index contributed by atoms with van der Waals surface area (Å²) < 4.78 is 51.6. The zero-order chi connectivity index (χ0) is 11.7. The topological polar surface area (TPSA) is 42.3 Å². The lowest BCUT2D eigenvalue weighted by Gasteiger charge is -2.00. The fraction of sp³-hybridized carbons (Fsp3) is 0.571. The molecule has 0 N–H and O–H groups in total. The Morgan fingerprint density at radius 1 is 1.60 bits per heavy atom. The van der Waals surface area contributed by atoms with Gasteiger partial charge < -0.3 is 0 Å². The van der Waals surface area contributed by atoms with E-state index in [4.69, 9.17) is 0 Å². The second-order valence-corrected chi connectivity index (χ2v) is 6.60. The van der Waals surface area contributed by atoms with Crippen molar-refractivity contribution < 1.29 is 17.4 Å². The molecule has 0 spiro atoms. The highest BCUT2D eigenvalue weighted by Crippen LogP contribution is 2.32. The highest BCUT2D eigenvalue weighted by Gasteiger charge is 2.34. The van der Waals surface area contributed by atoms with Gasteiger partial charge >= 0.3 is 6.18 Å². The van der Waals surface area contributed by atoms with Crippen LogP contribution in [0.4, 0.5) is 13.2 Å². The summed E-state index contributed by atoms with van der Waals surface area (Å²) in [4.78, 5) is 3.57. The number of thiazole rings is 1. The first-order valence-corrected chi connectivity index (χ1v) is 6.75. The molecule has 0 aliphatic carbocycles. The highest BCUT2D eigenvalue weighted by molar-refractivity contribution is 7.92. The van der Waals surface area contributed by atoms with E-state index in [0.717, 1.165) is 6.20 Å². The molecule has 8 heteroatoms. The Morgan fingerprint density at radius 2 is 2.20 bits per heavy atom. The Kier molecular flexibility index (Phi) is 3.39. The van der Waals surface area contributed by atoms with Gasteiger partial charge in [-0.1, -0.05) is 0 Å². The van der Waals surface area contributed by atoms with Crippen molar-refractivity contribution in [3.8, 4) is 0 Å². The molecule has 1 heterocycles. The van der Waals surface area contributed by atoms with Gasteiger partial charge in [-0.2, -0.15) is 13.2 Å². The first-order chi connectivity index (χ1) is 6.74. The minimum Gasteiger partial charge on any atom is -0.250 e. The van der Waals surface area contributed by atoms with Crippen LogP contribution in [0.5, 0.6) is 0 Å². The van der Waals surface area contributed by atoms with Gasteiger partial charge in [0.2, 0.25) is 0 Å². The molecule has 1 rings (SSSR count). The molecule has 0 fully saturated rings. The van der Waals surface area contributed by atoms with Crippen LogP contribution in [-0.4, -0.2) is 22.5 Å². The maximum atomic E-state index is 12.2. The average molecular weight is 258 g/mol. The molecule has 0 radical (unpaired) electrons. The predicted octanol–water partition coefficient (Wildman–Crippen LogP) is 2.39. The fourth-order valence-corrected chi connectivity index (χ4v) is 3.03. The van der Waals surface area contributed by atoms with Crippen LogP contribution < -0.4 is 0 Å². The van der Waals surface area contributed by atoms with E-state index < -0.39 is 20.9 Å². The molecule has 0 aliphatic rings. The molecule has 0 saturated heterocycles. The summed E-state index contributed by atoms with van der Waals surface area (Å²) in [6.45, 7) is 0. The first kappa shape index (κ1) is 12.4. The van der Waals surface area contributed by atoms with Crippen LogP contribution in [0.1, 0.15) is 9.88 Å². The largest absolute Gasteiger partial charge is 0.443 e. The van der Waals surface area contributed by atoms with E-state index in [-0.39, 0.29) is 5.75 Å². The minimum atomic E-state index is -4.43. The lowest BCUT2D eigenvalue weighted by molar-refractivity contribution is -0.137. The minimum absolute atomic E-state index is 0.0112.